The Morgan fingerprint density at radius 2 is 2.00 bits per heavy atom. The van der Waals surface area contributed by atoms with Crippen LogP contribution in [0.5, 0.6) is 0 Å². The van der Waals surface area contributed by atoms with E-state index in [0.29, 0.717) is 12.1 Å². The zero-order chi connectivity index (χ0) is 21.1. The Balaban J connectivity index is 1.69. The highest BCUT2D eigenvalue weighted by atomic mass is 32.2. The van der Waals surface area contributed by atoms with Gasteiger partial charge in [0.1, 0.15) is 23.7 Å². The first kappa shape index (κ1) is 20.9. The quantitative estimate of drug-likeness (QED) is 0.414. The number of nitrogens with one attached hydrogen (secondary N) is 1. The van der Waals surface area contributed by atoms with Crippen LogP contribution in [-0.4, -0.2) is 57.5 Å². The van der Waals surface area contributed by atoms with Gasteiger partial charge in [-0.1, -0.05) is 24.3 Å². The number of carboxylic acids is 1. The highest BCUT2D eigenvalue weighted by molar-refractivity contribution is 8.00. The van der Waals surface area contributed by atoms with Crippen LogP contribution in [0, 0.1) is 0 Å². The molecule has 0 aliphatic carbocycles. The summed E-state index contributed by atoms with van der Waals surface area (Å²) < 4.78 is 4.89. The number of rotatable bonds is 7. The lowest BCUT2D eigenvalue weighted by atomic mass is 10.0. The van der Waals surface area contributed by atoms with Gasteiger partial charge < -0.3 is 20.9 Å². The van der Waals surface area contributed by atoms with E-state index in [1.54, 1.807) is 6.07 Å². The van der Waals surface area contributed by atoms with Crippen LogP contribution in [0.2, 0.25) is 0 Å². The summed E-state index contributed by atoms with van der Waals surface area (Å²) in [5, 5.41) is 11.7. The Labute approximate surface area is 171 Å². The standard InChI is InChI=1S/C19H21N3O6S/c1-10(23)28-8-13-9-29-18-15(17(25)22(18)16(13)19(26)27)21-14(24)6-11-4-2-3-5-12(11)7-20/h2-5,15,18H,6-9,20H2,1H3,(H,21,24)(H,26,27)/t15-,18-/m1/s1. The van der Waals surface area contributed by atoms with Gasteiger partial charge in [0.15, 0.2) is 0 Å². The second-order valence-electron chi connectivity index (χ2n) is 6.64. The summed E-state index contributed by atoms with van der Waals surface area (Å²) in [5.74, 6) is -2.36. The summed E-state index contributed by atoms with van der Waals surface area (Å²) in [6.07, 6.45) is 0.0773. The van der Waals surface area contributed by atoms with Gasteiger partial charge in [0.05, 0.1) is 6.42 Å². The van der Waals surface area contributed by atoms with Crippen molar-refractivity contribution in [2.75, 3.05) is 12.4 Å². The number of amides is 2. The van der Waals surface area contributed by atoms with Gasteiger partial charge in [-0.2, -0.15) is 0 Å². The molecule has 1 saturated heterocycles. The van der Waals surface area contributed by atoms with E-state index in [-0.39, 0.29) is 30.4 Å². The van der Waals surface area contributed by atoms with E-state index in [1.165, 1.54) is 18.7 Å². The number of hydrogen-bond acceptors (Lipinski definition) is 7. The molecule has 0 spiro atoms. The van der Waals surface area contributed by atoms with Crippen LogP contribution in [0.4, 0.5) is 0 Å². The Bertz CT molecular complexity index is 900. The smallest absolute Gasteiger partial charge is 0.352 e. The fourth-order valence-corrected chi connectivity index (χ4v) is 4.64. The molecule has 0 radical (unpaired) electrons. The Hall–Kier alpha value is -2.85. The molecule has 0 saturated carbocycles. The minimum absolute atomic E-state index is 0.0773. The van der Waals surface area contributed by atoms with Crippen LogP contribution in [0.1, 0.15) is 18.1 Å². The molecule has 0 unspecified atom stereocenters. The minimum atomic E-state index is -1.27. The lowest BCUT2D eigenvalue weighted by Crippen LogP contribution is -2.70. The summed E-state index contributed by atoms with van der Waals surface area (Å²) >= 11 is 1.32. The molecule has 10 heteroatoms. The molecule has 0 aromatic heterocycles. The molecule has 2 aliphatic heterocycles. The number of carboxylic acid groups (broad SMARTS) is 1. The third-order valence-electron chi connectivity index (χ3n) is 4.71. The molecule has 4 N–H and O–H groups in total. The van der Waals surface area contributed by atoms with E-state index >= 15 is 0 Å². The number of esters is 1. The van der Waals surface area contributed by atoms with Crippen molar-refractivity contribution in [2.45, 2.75) is 31.3 Å². The van der Waals surface area contributed by atoms with Gasteiger partial charge in [0.2, 0.25) is 5.91 Å². The number of benzene rings is 1. The molecular formula is C19H21N3O6S. The number of hydrogen-bond donors (Lipinski definition) is 3. The third-order valence-corrected chi connectivity index (χ3v) is 6.04. The fraction of sp³-hybridized carbons (Fsp3) is 0.368. The summed E-state index contributed by atoms with van der Waals surface area (Å²) in [4.78, 5) is 48.9. The molecule has 2 amide bonds. The average molecular weight is 419 g/mol. The van der Waals surface area contributed by atoms with E-state index in [4.69, 9.17) is 10.5 Å². The van der Waals surface area contributed by atoms with Crippen LogP contribution in [-0.2, 0) is 36.9 Å². The first-order valence-electron chi connectivity index (χ1n) is 8.93. The predicted octanol–water partition coefficient (Wildman–Crippen LogP) is -0.0105. The maximum atomic E-state index is 12.6. The van der Waals surface area contributed by atoms with E-state index in [2.05, 4.69) is 5.32 Å². The molecule has 29 heavy (non-hydrogen) atoms. The van der Waals surface area contributed by atoms with Crippen LogP contribution in [0.3, 0.4) is 0 Å². The van der Waals surface area contributed by atoms with E-state index in [0.717, 1.165) is 16.0 Å². The zero-order valence-electron chi connectivity index (χ0n) is 15.7. The first-order valence-corrected chi connectivity index (χ1v) is 9.98. The van der Waals surface area contributed by atoms with Crippen molar-refractivity contribution in [3.63, 3.8) is 0 Å². The molecule has 1 fully saturated rings. The third kappa shape index (κ3) is 4.28. The van der Waals surface area contributed by atoms with Gasteiger partial charge in [-0.05, 0) is 11.1 Å². The SMILES string of the molecule is CC(=O)OCC1=C(C(=O)O)N2C(=O)[C@@H](NC(=O)Cc3ccccc3CN)[C@H]2SC1. The molecule has 9 nitrogen and oxygen atoms in total. The molecule has 1 aromatic rings. The van der Waals surface area contributed by atoms with Crippen molar-refractivity contribution >= 4 is 35.5 Å². The summed E-state index contributed by atoms with van der Waals surface area (Å²) in [6.45, 7) is 1.34. The molecular weight excluding hydrogens is 398 g/mol. The van der Waals surface area contributed by atoms with Gasteiger partial charge in [-0.3, -0.25) is 19.3 Å². The van der Waals surface area contributed by atoms with Gasteiger partial charge >= 0.3 is 11.9 Å². The van der Waals surface area contributed by atoms with Crippen LogP contribution in [0.15, 0.2) is 35.5 Å². The van der Waals surface area contributed by atoms with E-state index < -0.39 is 29.3 Å². The topological polar surface area (TPSA) is 139 Å². The van der Waals surface area contributed by atoms with Crippen molar-refractivity contribution in [1.29, 1.82) is 0 Å². The highest BCUT2D eigenvalue weighted by Crippen LogP contribution is 2.40. The largest absolute Gasteiger partial charge is 0.477 e. The van der Waals surface area contributed by atoms with Crippen molar-refractivity contribution in [1.82, 2.24) is 10.2 Å². The van der Waals surface area contributed by atoms with E-state index in [9.17, 15) is 24.3 Å². The molecule has 2 aliphatic rings. The van der Waals surface area contributed by atoms with Crippen molar-refractivity contribution in [3.05, 3.63) is 46.7 Å². The van der Waals surface area contributed by atoms with Gasteiger partial charge in [-0.25, -0.2) is 4.79 Å². The Kier molecular flexibility index (Phi) is 6.23. The Morgan fingerprint density at radius 3 is 2.62 bits per heavy atom. The molecule has 154 valence electrons. The minimum Gasteiger partial charge on any atom is -0.477 e. The number of nitrogens with zero attached hydrogens (tertiary/aromatic N) is 1. The van der Waals surface area contributed by atoms with Crippen LogP contribution < -0.4 is 11.1 Å². The zero-order valence-corrected chi connectivity index (χ0v) is 16.5. The molecule has 2 atom stereocenters. The monoisotopic (exact) mass is 419 g/mol. The van der Waals surface area contributed by atoms with Gasteiger partial charge in [0.25, 0.3) is 5.91 Å². The normalized spacial score (nSPS) is 20.6. The van der Waals surface area contributed by atoms with E-state index in [1.807, 2.05) is 18.2 Å². The summed E-state index contributed by atoms with van der Waals surface area (Å²) in [6, 6.07) is 6.48. The van der Waals surface area contributed by atoms with Crippen molar-refractivity contribution in [3.8, 4) is 0 Å². The Morgan fingerprint density at radius 1 is 1.31 bits per heavy atom. The van der Waals surface area contributed by atoms with Gasteiger partial charge in [-0.15, -0.1) is 11.8 Å². The number of aliphatic carboxylic acids is 1. The second kappa shape index (κ2) is 8.66. The number of β-lactam (4-membered cyclic amide) rings is 1. The fourth-order valence-electron chi connectivity index (χ4n) is 3.31. The summed E-state index contributed by atoms with van der Waals surface area (Å²) in [5.41, 5.74) is 7.49. The highest BCUT2D eigenvalue weighted by Gasteiger charge is 2.54. The summed E-state index contributed by atoms with van der Waals surface area (Å²) in [7, 11) is 0. The molecule has 0 bridgehead atoms. The number of carbonyl (C=O) groups is 4. The lowest BCUT2D eigenvalue weighted by Gasteiger charge is -2.49. The van der Waals surface area contributed by atoms with Crippen LogP contribution >= 0.6 is 11.8 Å². The molecule has 3 rings (SSSR count). The number of carbonyl (C=O) groups excluding carboxylic acids is 3. The second-order valence-corrected chi connectivity index (χ2v) is 7.75. The number of ether oxygens (including phenoxy) is 1. The molecule has 2 heterocycles. The van der Waals surface area contributed by atoms with Crippen molar-refractivity contribution < 1.29 is 29.0 Å². The predicted molar refractivity (Wildman–Crippen MR) is 104 cm³/mol. The molecule has 1 aromatic carbocycles. The lowest BCUT2D eigenvalue weighted by molar-refractivity contribution is -0.151. The van der Waals surface area contributed by atoms with Crippen molar-refractivity contribution in [2.24, 2.45) is 5.73 Å². The maximum Gasteiger partial charge on any atom is 0.352 e. The number of nitrogens with two attached hydrogens (primary N) is 1. The number of thioether (sulfide) groups is 1. The van der Waals surface area contributed by atoms with Crippen LogP contribution in [0.25, 0.3) is 0 Å². The number of fused-ring (bicyclic) bond motifs is 1. The average Bonchev–Trinajstić information content (AvgIpc) is 2.69. The first-order chi connectivity index (χ1) is 13.8. The van der Waals surface area contributed by atoms with Gasteiger partial charge in [0, 0.05) is 24.8 Å². The maximum absolute atomic E-state index is 12.6.